The number of ether oxygens (including phenoxy) is 1. The number of ketones is 1. The third kappa shape index (κ3) is 4.50. The topological polar surface area (TPSA) is 43.4 Å². The molecular formula is C24H22O3. The SMILES string of the molecule is COC(=O)[C@@H](c1ccccc1)[C@H](CC(=O)c1ccccc1)c1ccccc1. The molecular weight excluding hydrogens is 336 g/mol. The second-order valence-electron chi connectivity index (χ2n) is 6.42. The zero-order valence-corrected chi connectivity index (χ0v) is 15.2. The molecule has 0 aliphatic heterocycles. The molecule has 2 atom stereocenters. The second-order valence-corrected chi connectivity index (χ2v) is 6.42. The van der Waals surface area contributed by atoms with Crippen molar-refractivity contribution in [3.8, 4) is 0 Å². The predicted octanol–water partition coefficient (Wildman–Crippen LogP) is 5.00. The number of rotatable bonds is 7. The molecule has 0 fully saturated rings. The summed E-state index contributed by atoms with van der Waals surface area (Å²) in [7, 11) is 1.39. The van der Waals surface area contributed by atoms with Gasteiger partial charge in [-0.25, -0.2) is 0 Å². The average Bonchev–Trinajstić information content (AvgIpc) is 2.75. The summed E-state index contributed by atoms with van der Waals surface area (Å²) in [6, 6.07) is 28.4. The molecule has 0 bridgehead atoms. The van der Waals surface area contributed by atoms with Crippen LogP contribution in [0.15, 0.2) is 91.0 Å². The van der Waals surface area contributed by atoms with E-state index < -0.39 is 5.92 Å². The standard InChI is InChI=1S/C24H22O3/c1-27-24(26)23(20-15-9-4-10-16-20)21(18-11-5-2-6-12-18)17-22(25)19-13-7-3-8-14-19/h2-16,21,23H,17H2,1H3/t21-,23+/m1/s1. The van der Waals surface area contributed by atoms with Crippen LogP contribution >= 0.6 is 0 Å². The second kappa shape index (κ2) is 8.95. The Labute approximate surface area is 159 Å². The lowest BCUT2D eigenvalue weighted by molar-refractivity contribution is -0.143. The summed E-state index contributed by atoms with van der Waals surface area (Å²) in [5.41, 5.74) is 2.44. The Bertz CT molecular complexity index is 873. The highest BCUT2D eigenvalue weighted by Gasteiger charge is 2.33. The Morgan fingerprint density at radius 2 is 1.22 bits per heavy atom. The smallest absolute Gasteiger partial charge is 0.313 e. The number of hydrogen-bond acceptors (Lipinski definition) is 3. The molecule has 0 aliphatic carbocycles. The zero-order chi connectivity index (χ0) is 19.1. The van der Waals surface area contributed by atoms with E-state index >= 15 is 0 Å². The summed E-state index contributed by atoms with van der Waals surface area (Å²) in [6.45, 7) is 0. The van der Waals surface area contributed by atoms with E-state index in [-0.39, 0.29) is 24.1 Å². The fourth-order valence-electron chi connectivity index (χ4n) is 3.39. The molecule has 0 spiro atoms. The molecule has 3 heteroatoms. The van der Waals surface area contributed by atoms with E-state index in [9.17, 15) is 9.59 Å². The van der Waals surface area contributed by atoms with Gasteiger partial charge in [-0.3, -0.25) is 9.59 Å². The fourth-order valence-corrected chi connectivity index (χ4v) is 3.39. The quantitative estimate of drug-likeness (QED) is 0.441. The number of hydrogen-bond donors (Lipinski definition) is 0. The van der Waals surface area contributed by atoms with Gasteiger partial charge in [-0.15, -0.1) is 0 Å². The number of benzene rings is 3. The van der Waals surface area contributed by atoms with Crippen molar-refractivity contribution in [2.24, 2.45) is 0 Å². The van der Waals surface area contributed by atoms with Gasteiger partial charge in [0.15, 0.2) is 5.78 Å². The van der Waals surface area contributed by atoms with E-state index in [4.69, 9.17) is 4.74 Å². The molecule has 0 saturated heterocycles. The molecule has 0 amide bonds. The largest absolute Gasteiger partial charge is 0.469 e. The van der Waals surface area contributed by atoms with Crippen LogP contribution in [0.2, 0.25) is 0 Å². The Kier molecular flexibility index (Phi) is 6.16. The minimum absolute atomic E-state index is 0.00860. The van der Waals surface area contributed by atoms with E-state index in [0.717, 1.165) is 11.1 Å². The Morgan fingerprint density at radius 3 is 1.74 bits per heavy atom. The number of esters is 1. The van der Waals surface area contributed by atoms with Crippen molar-refractivity contribution >= 4 is 11.8 Å². The Balaban J connectivity index is 2.02. The van der Waals surface area contributed by atoms with Crippen molar-refractivity contribution in [3.63, 3.8) is 0 Å². The van der Waals surface area contributed by atoms with Gasteiger partial charge in [-0.1, -0.05) is 91.0 Å². The van der Waals surface area contributed by atoms with Gasteiger partial charge < -0.3 is 4.74 Å². The van der Waals surface area contributed by atoms with Crippen LogP contribution in [-0.2, 0) is 9.53 Å². The Hall–Kier alpha value is -3.20. The molecule has 27 heavy (non-hydrogen) atoms. The van der Waals surface area contributed by atoms with Crippen LogP contribution in [0, 0.1) is 0 Å². The molecule has 3 rings (SSSR count). The van der Waals surface area contributed by atoms with E-state index in [1.54, 1.807) is 12.1 Å². The van der Waals surface area contributed by atoms with Crippen LogP contribution in [0.3, 0.4) is 0 Å². The van der Waals surface area contributed by atoms with Crippen LogP contribution in [0.25, 0.3) is 0 Å². The fraction of sp³-hybridized carbons (Fsp3) is 0.167. The number of Topliss-reactive ketones (excluding diaryl/α,β-unsaturated/α-hetero) is 1. The van der Waals surface area contributed by atoms with Crippen molar-refractivity contribution in [2.45, 2.75) is 18.3 Å². The summed E-state index contributed by atoms with van der Waals surface area (Å²) in [5.74, 6) is -1.19. The van der Waals surface area contributed by atoms with Crippen LogP contribution in [0.4, 0.5) is 0 Å². The van der Waals surface area contributed by atoms with Gasteiger partial charge in [0.25, 0.3) is 0 Å². The van der Waals surface area contributed by atoms with Crippen molar-refractivity contribution < 1.29 is 14.3 Å². The molecule has 3 nitrogen and oxygen atoms in total. The lowest BCUT2D eigenvalue weighted by Gasteiger charge is -2.26. The number of carbonyl (C=O) groups excluding carboxylic acids is 2. The van der Waals surface area contributed by atoms with Crippen molar-refractivity contribution in [2.75, 3.05) is 7.11 Å². The van der Waals surface area contributed by atoms with E-state index in [2.05, 4.69) is 0 Å². The molecule has 0 radical (unpaired) electrons. The maximum absolute atomic E-state index is 12.9. The summed E-state index contributed by atoms with van der Waals surface area (Å²) in [5, 5.41) is 0. The number of carbonyl (C=O) groups is 2. The maximum Gasteiger partial charge on any atom is 0.313 e. The molecule has 0 unspecified atom stereocenters. The maximum atomic E-state index is 12.9. The first-order valence-corrected chi connectivity index (χ1v) is 8.96. The van der Waals surface area contributed by atoms with Crippen molar-refractivity contribution in [1.29, 1.82) is 0 Å². The normalized spacial score (nSPS) is 12.8. The first kappa shape index (κ1) is 18.6. The predicted molar refractivity (Wildman–Crippen MR) is 106 cm³/mol. The third-order valence-electron chi connectivity index (χ3n) is 4.74. The minimum Gasteiger partial charge on any atom is -0.469 e. The van der Waals surface area contributed by atoms with Crippen LogP contribution in [-0.4, -0.2) is 18.9 Å². The molecule has 0 N–H and O–H groups in total. The lowest BCUT2D eigenvalue weighted by atomic mass is 9.78. The molecule has 3 aromatic rings. The van der Waals surface area contributed by atoms with E-state index in [0.29, 0.717) is 5.56 Å². The third-order valence-corrected chi connectivity index (χ3v) is 4.74. The summed E-state index contributed by atoms with van der Waals surface area (Å²) in [6.07, 6.45) is 0.225. The summed E-state index contributed by atoms with van der Waals surface area (Å²) < 4.78 is 5.11. The van der Waals surface area contributed by atoms with Gasteiger partial charge in [-0.2, -0.15) is 0 Å². The van der Waals surface area contributed by atoms with Gasteiger partial charge in [0, 0.05) is 17.9 Å². The minimum atomic E-state index is -0.550. The van der Waals surface area contributed by atoms with Gasteiger partial charge in [0.2, 0.25) is 0 Å². The molecule has 0 heterocycles. The van der Waals surface area contributed by atoms with Crippen LogP contribution in [0.1, 0.15) is 39.7 Å². The molecule has 0 saturated carbocycles. The highest BCUT2D eigenvalue weighted by atomic mass is 16.5. The highest BCUT2D eigenvalue weighted by molar-refractivity contribution is 5.97. The summed E-state index contributed by atoms with van der Waals surface area (Å²) >= 11 is 0. The highest BCUT2D eigenvalue weighted by Crippen LogP contribution is 2.37. The van der Waals surface area contributed by atoms with Crippen LogP contribution in [0.5, 0.6) is 0 Å². The lowest BCUT2D eigenvalue weighted by Crippen LogP contribution is -2.24. The number of methoxy groups -OCH3 is 1. The molecule has 0 aliphatic rings. The molecule has 3 aromatic carbocycles. The zero-order valence-electron chi connectivity index (χ0n) is 15.2. The molecule has 136 valence electrons. The van der Waals surface area contributed by atoms with E-state index in [1.165, 1.54) is 7.11 Å². The van der Waals surface area contributed by atoms with Gasteiger partial charge >= 0.3 is 5.97 Å². The summed E-state index contributed by atoms with van der Waals surface area (Å²) in [4.78, 5) is 25.6. The van der Waals surface area contributed by atoms with Gasteiger partial charge in [0.1, 0.15) is 0 Å². The van der Waals surface area contributed by atoms with Gasteiger partial charge in [-0.05, 0) is 11.1 Å². The first-order valence-electron chi connectivity index (χ1n) is 8.96. The molecule has 0 aromatic heterocycles. The van der Waals surface area contributed by atoms with E-state index in [1.807, 2.05) is 78.9 Å². The van der Waals surface area contributed by atoms with Crippen molar-refractivity contribution in [1.82, 2.24) is 0 Å². The Morgan fingerprint density at radius 1 is 0.741 bits per heavy atom. The average molecular weight is 358 g/mol. The van der Waals surface area contributed by atoms with Crippen LogP contribution < -0.4 is 0 Å². The first-order chi connectivity index (χ1) is 13.2. The van der Waals surface area contributed by atoms with Gasteiger partial charge in [0.05, 0.1) is 13.0 Å². The monoisotopic (exact) mass is 358 g/mol. The van der Waals surface area contributed by atoms with Crippen molar-refractivity contribution in [3.05, 3.63) is 108 Å².